The van der Waals surface area contributed by atoms with Gasteiger partial charge in [0.15, 0.2) is 0 Å². The minimum atomic E-state index is -0.925. The lowest BCUT2D eigenvalue weighted by Crippen LogP contribution is -2.21. The summed E-state index contributed by atoms with van der Waals surface area (Å²) in [5.74, 6) is -0.925. The van der Waals surface area contributed by atoms with Gasteiger partial charge < -0.3 is 31.4 Å². The van der Waals surface area contributed by atoms with Crippen molar-refractivity contribution < 1.29 is 25.2 Å². The third-order valence-corrected chi connectivity index (χ3v) is 1.23. The van der Waals surface area contributed by atoms with Gasteiger partial charge in [0.25, 0.3) is 0 Å². The average Bonchev–Trinajstić information content (AvgIpc) is 2.27. The van der Waals surface area contributed by atoms with Crippen LogP contribution in [0, 0.1) is 0 Å². The Morgan fingerprint density at radius 3 is 1.37 bits per heavy atom. The molecular formula is C13H35NO5. The largest absolute Gasteiger partial charge is 0.550 e. The fraction of sp³-hybridized carbons (Fsp3) is 0.923. The van der Waals surface area contributed by atoms with Gasteiger partial charge in [0, 0.05) is 25.8 Å². The van der Waals surface area contributed by atoms with E-state index in [0.717, 1.165) is 25.7 Å². The van der Waals surface area contributed by atoms with Gasteiger partial charge in [-0.2, -0.15) is 0 Å². The summed E-state index contributed by atoms with van der Waals surface area (Å²) in [6.07, 6.45) is 4.29. The second kappa shape index (κ2) is 43.3. The van der Waals surface area contributed by atoms with Gasteiger partial charge in [-0.15, -0.1) is 0 Å². The number of hydrogen-bond donors (Lipinski definition) is 4. The maximum absolute atomic E-state index is 9.85. The molecule has 0 heterocycles. The van der Waals surface area contributed by atoms with Gasteiger partial charge in [-0.1, -0.05) is 26.2 Å². The molecule has 0 radical (unpaired) electrons. The normalized spacial score (nSPS) is 7.32. The van der Waals surface area contributed by atoms with Crippen molar-refractivity contribution in [1.29, 1.82) is 0 Å². The van der Waals surface area contributed by atoms with Gasteiger partial charge >= 0.3 is 0 Å². The minimum Gasteiger partial charge on any atom is -0.550 e. The van der Waals surface area contributed by atoms with Crippen LogP contribution >= 0.6 is 0 Å². The summed E-state index contributed by atoms with van der Waals surface area (Å²) >= 11 is 0. The molecule has 7 N–H and O–H groups in total. The number of carboxylic acid groups (broad SMARTS) is 1. The van der Waals surface area contributed by atoms with Gasteiger partial charge in [0.2, 0.25) is 0 Å². The van der Waals surface area contributed by atoms with Crippen molar-refractivity contribution in [2.24, 2.45) is 0 Å². The maximum Gasteiger partial charge on any atom is 0.0414 e. The zero-order valence-corrected chi connectivity index (χ0v) is 13.3. The summed E-state index contributed by atoms with van der Waals surface area (Å²) < 4.78 is 0. The maximum atomic E-state index is 9.85. The van der Waals surface area contributed by atoms with E-state index >= 15 is 0 Å². The molecule has 0 aromatic rings. The monoisotopic (exact) mass is 285 g/mol. The molecule has 0 saturated heterocycles. The third kappa shape index (κ3) is 144. The number of hydrogen-bond acceptors (Lipinski definition) is 5. The highest BCUT2D eigenvalue weighted by Crippen LogP contribution is 2.00. The first-order valence-corrected chi connectivity index (χ1v) is 6.54. The van der Waals surface area contributed by atoms with Crippen LogP contribution in [0.15, 0.2) is 0 Å². The standard InChI is InChI=1S/C7H14O2.3C2H6O.H3N/c1-2-3-4-5-6-7(8)9;3*1-2-3;/h2-6H2,1H3,(H,8,9);3*3H,2H2,1H3;1H3. The predicted octanol–water partition coefficient (Wildman–Crippen LogP) is 1.08. The summed E-state index contributed by atoms with van der Waals surface area (Å²) in [5, 5.41) is 32.6. The van der Waals surface area contributed by atoms with Crippen LogP contribution in [0.2, 0.25) is 0 Å². The number of carboxylic acids is 1. The van der Waals surface area contributed by atoms with Crippen molar-refractivity contribution >= 4 is 5.97 Å². The fourth-order valence-electron chi connectivity index (χ4n) is 0.696. The van der Waals surface area contributed by atoms with Crippen LogP contribution in [0.3, 0.4) is 0 Å². The Morgan fingerprint density at radius 1 is 0.842 bits per heavy atom. The number of aliphatic hydroxyl groups excluding tert-OH is 3. The first kappa shape index (κ1) is 31.0. The van der Waals surface area contributed by atoms with E-state index in [0.29, 0.717) is 0 Å². The molecule has 0 unspecified atom stereocenters. The van der Waals surface area contributed by atoms with E-state index in [4.69, 9.17) is 15.3 Å². The number of aliphatic carboxylic acids is 1. The van der Waals surface area contributed by atoms with E-state index < -0.39 is 5.97 Å². The Morgan fingerprint density at radius 2 is 1.16 bits per heavy atom. The third-order valence-electron chi connectivity index (χ3n) is 1.23. The number of rotatable bonds is 5. The van der Waals surface area contributed by atoms with E-state index in [1.165, 1.54) is 0 Å². The lowest BCUT2D eigenvalue weighted by molar-refractivity contribution is -0.305. The predicted molar refractivity (Wildman–Crippen MR) is 78.0 cm³/mol. The quantitative estimate of drug-likeness (QED) is 0.560. The van der Waals surface area contributed by atoms with Gasteiger partial charge in [-0.25, -0.2) is 0 Å². The molecule has 0 aromatic heterocycles. The fourth-order valence-corrected chi connectivity index (χ4v) is 0.696. The van der Waals surface area contributed by atoms with Crippen molar-refractivity contribution in [3.05, 3.63) is 0 Å². The van der Waals surface area contributed by atoms with Crippen LogP contribution < -0.4 is 11.3 Å². The molecule has 0 aliphatic rings. The number of quaternary nitrogens is 1. The zero-order valence-electron chi connectivity index (χ0n) is 13.3. The van der Waals surface area contributed by atoms with Gasteiger partial charge in [0.05, 0.1) is 0 Å². The Kier molecular flexibility index (Phi) is 70.6. The molecule has 0 saturated carbocycles. The molecule has 0 bridgehead atoms. The summed E-state index contributed by atoms with van der Waals surface area (Å²) in [6.45, 7) is 7.89. The molecule has 122 valence electrons. The average molecular weight is 285 g/mol. The molecule has 0 aliphatic carbocycles. The lowest BCUT2D eigenvalue weighted by Gasteiger charge is -1.99. The summed E-state index contributed by atoms with van der Waals surface area (Å²) in [4.78, 5) is 9.85. The number of carbonyl (C=O) groups is 1. The van der Waals surface area contributed by atoms with Crippen molar-refractivity contribution in [2.75, 3.05) is 19.8 Å². The Bertz CT molecular complexity index is 119. The number of carbonyl (C=O) groups excluding carboxylic acids is 1. The van der Waals surface area contributed by atoms with Crippen LogP contribution in [0.4, 0.5) is 0 Å². The summed E-state index contributed by atoms with van der Waals surface area (Å²) in [6, 6.07) is 0. The molecule has 0 aliphatic heterocycles. The first-order chi connectivity index (χ1) is 8.51. The highest BCUT2D eigenvalue weighted by atomic mass is 16.4. The lowest BCUT2D eigenvalue weighted by atomic mass is 10.2. The van der Waals surface area contributed by atoms with Gasteiger partial charge in [-0.05, 0) is 33.6 Å². The van der Waals surface area contributed by atoms with E-state index in [2.05, 4.69) is 6.92 Å². The molecule has 0 fully saturated rings. The zero-order chi connectivity index (χ0) is 15.2. The van der Waals surface area contributed by atoms with Crippen LogP contribution in [0.5, 0.6) is 0 Å². The smallest absolute Gasteiger partial charge is 0.0414 e. The molecule has 0 aromatic carbocycles. The molecule has 19 heavy (non-hydrogen) atoms. The number of unbranched alkanes of at least 4 members (excludes halogenated alkanes) is 3. The van der Waals surface area contributed by atoms with Crippen molar-refractivity contribution in [3.63, 3.8) is 0 Å². The molecule has 6 heteroatoms. The molecule has 0 rings (SSSR count). The Balaban J connectivity index is -0.0000000548. The van der Waals surface area contributed by atoms with Crippen LogP contribution in [0.1, 0.15) is 59.8 Å². The van der Waals surface area contributed by atoms with Crippen molar-refractivity contribution in [2.45, 2.75) is 59.8 Å². The second-order valence-corrected chi connectivity index (χ2v) is 3.13. The highest BCUT2D eigenvalue weighted by Gasteiger charge is 1.86. The van der Waals surface area contributed by atoms with E-state index in [9.17, 15) is 9.90 Å². The van der Waals surface area contributed by atoms with E-state index in [1.54, 1.807) is 20.8 Å². The Hall–Kier alpha value is -0.690. The minimum absolute atomic E-state index is 0. The van der Waals surface area contributed by atoms with Crippen LogP contribution in [-0.2, 0) is 4.79 Å². The SMILES string of the molecule is CCCCCCC(=O)[O-].CCO.CCO.CCO.[NH4+]. The molecular weight excluding hydrogens is 250 g/mol. The van der Waals surface area contributed by atoms with E-state index in [1.807, 2.05) is 0 Å². The summed E-state index contributed by atoms with van der Waals surface area (Å²) in [5.41, 5.74) is 0. The first-order valence-electron chi connectivity index (χ1n) is 6.54. The Labute approximate surface area is 118 Å². The number of aliphatic hydroxyl groups is 3. The van der Waals surface area contributed by atoms with Gasteiger partial charge in [-0.3, -0.25) is 0 Å². The van der Waals surface area contributed by atoms with E-state index in [-0.39, 0.29) is 32.4 Å². The summed E-state index contributed by atoms with van der Waals surface area (Å²) in [7, 11) is 0. The molecule has 0 spiro atoms. The van der Waals surface area contributed by atoms with Gasteiger partial charge in [0.1, 0.15) is 0 Å². The highest BCUT2D eigenvalue weighted by molar-refractivity contribution is 5.63. The molecule has 6 nitrogen and oxygen atoms in total. The molecule has 0 amide bonds. The van der Waals surface area contributed by atoms with Crippen molar-refractivity contribution in [3.8, 4) is 0 Å². The molecule has 0 atom stereocenters. The second-order valence-electron chi connectivity index (χ2n) is 3.13. The van der Waals surface area contributed by atoms with Crippen LogP contribution in [0.25, 0.3) is 0 Å². The topological polar surface area (TPSA) is 137 Å². The van der Waals surface area contributed by atoms with Crippen molar-refractivity contribution in [1.82, 2.24) is 6.15 Å². The van der Waals surface area contributed by atoms with Crippen LogP contribution in [-0.4, -0.2) is 41.1 Å².